The molecule has 0 atom stereocenters. The number of para-hydroxylation sites is 3. The van der Waals surface area contributed by atoms with Crippen molar-refractivity contribution in [1.29, 1.82) is 0 Å². The molecule has 0 aliphatic rings. The highest BCUT2D eigenvalue weighted by atomic mass is 15.0. The van der Waals surface area contributed by atoms with Gasteiger partial charge in [-0.1, -0.05) is 291 Å². The fraction of sp³-hybridized carbons (Fsp3) is 0.0427. The molecule has 0 aliphatic heterocycles. The van der Waals surface area contributed by atoms with E-state index in [1.807, 2.05) is 0 Å². The van der Waals surface area contributed by atoms with E-state index in [1.165, 1.54) is 181 Å². The third kappa shape index (κ3) is 12.1. The van der Waals surface area contributed by atoms with Crippen LogP contribution in [0.2, 0.25) is 0 Å². The van der Waals surface area contributed by atoms with Crippen LogP contribution in [-0.4, -0.2) is 43.6 Å². The van der Waals surface area contributed by atoms with Gasteiger partial charge in [0.25, 0.3) is 0 Å². The zero-order valence-electron chi connectivity index (χ0n) is 69.7. The van der Waals surface area contributed by atoms with Crippen molar-refractivity contribution in [3.05, 3.63) is 407 Å². The van der Waals surface area contributed by atoms with Gasteiger partial charge in [0.1, 0.15) is 0 Å². The van der Waals surface area contributed by atoms with Crippen LogP contribution in [0.15, 0.2) is 407 Å². The van der Waals surface area contributed by atoms with Crippen LogP contribution in [0.3, 0.4) is 0 Å². The Bertz CT molecular complexity index is 8850. The first-order chi connectivity index (χ1) is 62.0. The van der Waals surface area contributed by atoms with E-state index >= 15 is 0 Å². The smallest absolute Gasteiger partial charge is 0.0971 e. The van der Waals surface area contributed by atoms with E-state index in [0.29, 0.717) is 0 Å². The van der Waals surface area contributed by atoms with Gasteiger partial charge in [-0.2, -0.15) is 0 Å². The van der Waals surface area contributed by atoms with Gasteiger partial charge in [-0.25, -0.2) is 0 Å². The molecule has 592 valence electrons. The molecule has 0 amide bonds. The van der Waals surface area contributed by atoms with Crippen LogP contribution in [0, 0.1) is 0 Å². The first kappa shape index (κ1) is 73.6. The topological polar surface area (TPSA) is 92.1 Å². The highest BCUT2D eigenvalue weighted by molar-refractivity contribution is 6.27. The molecule has 6 heterocycles. The minimum absolute atomic E-state index is 0.00540. The van der Waals surface area contributed by atoms with Crippen molar-refractivity contribution >= 4 is 174 Å². The van der Waals surface area contributed by atoms with E-state index in [0.717, 1.165) is 65.4 Å². The maximum atomic E-state index is 4.72. The van der Waals surface area contributed by atoms with Crippen molar-refractivity contribution in [3.8, 4) is 72.4 Å². The molecule has 0 radical (unpaired) electrons. The molecule has 26 aromatic rings. The molecule has 0 N–H and O–H groups in total. The number of rotatable bonds is 7. The SMILES string of the molecule is CC(C)(C)n1c2ccccc2c2cc(-c3ccc(-c4ccc5c(c4)c4ccccc4c4nccnc54)cc3)ccc21.Cn1c2ccccc2c2cc(-c3ccc(-c4ccc5c(c4)c4ccccc4c4nccnc54)cc3)ccc21.c1ccc2c(-n3c4ccccc4c4cc(-c5ccc(-c6ccc7c(c6)c6ccccc6c6nccnc76)cc5)ccc43)cccc2c1. The van der Waals surface area contributed by atoms with Gasteiger partial charge >= 0.3 is 0 Å². The van der Waals surface area contributed by atoms with E-state index in [2.05, 4.69) is 432 Å². The van der Waals surface area contributed by atoms with Crippen molar-refractivity contribution in [3.63, 3.8) is 0 Å². The lowest BCUT2D eigenvalue weighted by atomic mass is 9.94. The standard InChI is InChI=1S/C44H27N3.C38H29N3.C35H23N3/c1-2-10-33-30(8-1)9-7-15-40(33)47-41-14-6-5-12-35(41)39-27-32(21-23-42(39)47)29-18-16-28(17-19-29)31-20-22-37-38(26-31)34-11-3-4-13-36(34)43-44(37)46-25-24-45-43;1-38(2,3)41-34-11-7-6-9-29(34)33-23-27(17-19-35(33)41)25-14-12-24(13-15-25)26-16-18-31-32(22-26)28-8-4-5-10-30(28)36-37(31)40-21-20-39-36;1-38-32-9-5-4-7-27(32)31-21-25(15-17-33(31)38)23-12-10-22(11-13-23)24-14-16-29-30(20-24)26-6-2-3-8-28(26)34-35(29)37-19-18-36-34/h1-27H;4-23H,1-3H3;2-21H,1H3. The highest BCUT2D eigenvalue weighted by Gasteiger charge is 2.23. The Labute approximate surface area is 725 Å². The number of benzene rings is 20. The number of aromatic nitrogens is 9. The lowest BCUT2D eigenvalue weighted by molar-refractivity contribution is 0.423. The van der Waals surface area contributed by atoms with E-state index in [-0.39, 0.29) is 5.54 Å². The predicted molar refractivity (Wildman–Crippen MR) is 530 cm³/mol. The van der Waals surface area contributed by atoms with Crippen molar-refractivity contribution < 1.29 is 0 Å². The Balaban J connectivity index is 0.000000106. The summed E-state index contributed by atoms with van der Waals surface area (Å²) in [6, 6.07) is 134. The maximum Gasteiger partial charge on any atom is 0.0971 e. The summed E-state index contributed by atoms with van der Waals surface area (Å²) in [6.45, 7) is 6.82. The number of fused-ring (bicyclic) bond motifs is 28. The molecular weight excluding hydrogens is 1530 g/mol. The second kappa shape index (κ2) is 29.5. The molecule has 9 nitrogen and oxygen atoms in total. The Morgan fingerprint density at radius 2 is 0.421 bits per heavy atom. The summed E-state index contributed by atoms with van der Waals surface area (Å²) >= 11 is 0. The van der Waals surface area contributed by atoms with Gasteiger partial charge in [0, 0.05) is 142 Å². The second-order valence-corrected chi connectivity index (χ2v) is 34.1. The van der Waals surface area contributed by atoms with Gasteiger partial charge < -0.3 is 13.7 Å². The number of hydrogen-bond donors (Lipinski definition) is 0. The van der Waals surface area contributed by atoms with Gasteiger partial charge in [0.2, 0.25) is 0 Å². The van der Waals surface area contributed by atoms with E-state index < -0.39 is 0 Å². The molecule has 0 aliphatic carbocycles. The molecule has 0 bridgehead atoms. The van der Waals surface area contributed by atoms with E-state index in [1.54, 1.807) is 37.2 Å². The van der Waals surface area contributed by atoms with Gasteiger partial charge in [0.05, 0.1) is 49.8 Å². The molecule has 0 unspecified atom stereocenters. The van der Waals surface area contributed by atoms with E-state index in [4.69, 9.17) is 9.97 Å². The summed E-state index contributed by atoms with van der Waals surface area (Å²) in [4.78, 5) is 28.1. The lowest BCUT2D eigenvalue weighted by Gasteiger charge is -2.24. The number of nitrogens with zero attached hydrogens (tertiary/aromatic N) is 9. The Morgan fingerprint density at radius 3 is 0.817 bits per heavy atom. The van der Waals surface area contributed by atoms with Crippen molar-refractivity contribution in [1.82, 2.24) is 43.6 Å². The molecule has 9 heteroatoms. The third-order valence-corrected chi connectivity index (χ3v) is 25.9. The lowest BCUT2D eigenvalue weighted by Crippen LogP contribution is -2.21. The minimum Gasteiger partial charge on any atom is -0.344 e. The maximum absolute atomic E-state index is 4.72. The van der Waals surface area contributed by atoms with Crippen molar-refractivity contribution in [2.75, 3.05) is 0 Å². The molecule has 26 rings (SSSR count). The Morgan fingerprint density at radius 1 is 0.183 bits per heavy atom. The average molecular weight is 1610 g/mol. The Hall–Kier alpha value is -16.4. The molecule has 0 spiro atoms. The fourth-order valence-electron chi connectivity index (χ4n) is 20.0. The van der Waals surface area contributed by atoms with Crippen molar-refractivity contribution in [2.45, 2.75) is 26.3 Å². The quantitative estimate of drug-likeness (QED) is 0.148. The van der Waals surface area contributed by atoms with Crippen LogP contribution in [0.4, 0.5) is 0 Å². The second-order valence-electron chi connectivity index (χ2n) is 34.1. The third-order valence-electron chi connectivity index (χ3n) is 25.9. The highest BCUT2D eigenvalue weighted by Crippen LogP contribution is 2.45. The van der Waals surface area contributed by atoms with Gasteiger partial charge in [-0.05, 0) is 204 Å². The minimum atomic E-state index is -0.00540. The Kier molecular flexibility index (Phi) is 17.2. The zero-order chi connectivity index (χ0) is 83.8. The molecule has 20 aromatic carbocycles. The first-order valence-electron chi connectivity index (χ1n) is 43.1. The summed E-state index contributed by atoms with van der Waals surface area (Å²) < 4.78 is 7.15. The molecule has 6 aromatic heterocycles. The van der Waals surface area contributed by atoms with Crippen molar-refractivity contribution in [2.24, 2.45) is 7.05 Å². The monoisotopic (exact) mass is 1610 g/mol. The van der Waals surface area contributed by atoms with Gasteiger partial charge in [-0.3, -0.25) is 29.9 Å². The summed E-state index contributed by atoms with van der Waals surface area (Å²) in [5.74, 6) is 0. The van der Waals surface area contributed by atoms with Gasteiger partial charge in [-0.15, -0.1) is 0 Å². The van der Waals surface area contributed by atoms with Crippen LogP contribution in [0.25, 0.3) is 246 Å². The van der Waals surface area contributed by atoms with Crippen LogP contribution in [-0.2, 0) is 12.6 Å². The summed E-state index contributed by atoms with van der Waals surface area (Å²) in [6.07, 6.45) is 10.7. The molecular formula is C117H79N9. The van der Waals surface area contributed by atoms with Crippen LogP contribution < -0.4 is 0 Å². The molecule has 0 fully saturated rings. The van der Waals surface area contributed by atoms with Crippen LogP contribution >= 0.6 is 0 Å². The zero-order valence-corrected chi connectivity index (χ0v) is 69.7. The predicted octanol–water partition coefficient (Wildman–Crippen LogP) is 30.6. The van der Waals surface area contributed by atoms with Gasteiger partial charge in [0.15, 0.2) is 0 Å². The largest absolute Gasteiger partial charge is 0.344 e. The van der Waals surface area contributed by atoms with Crippen LogP contribution in [0.1, 0.15) is 20.8 Å². The average Bonchev–Trinajstić information content (AvgIpc) is 0.882. The summed E-state index contributed by atoms with van der Waals surface area (Å²) in [5.41, 5.74) is 28.9. The normalized spacial score (nSPS) is 12.0. The van der Waals surface area contributed by atoms with E-state index in [9.17, 15) is 0 Å². The summed E-state index contributed by atoms with van der Waals surface area (Å²) in [5, 5.41) is 24.2. The molecule has 0 saturated heterocycles. The first-order valence-corrected chi connectivity index (χ1v) is 43.1. The number of hydrogen-bond acceptors (Lipinski definition) is 6. The fourth-order valence-corrected chi connectivity index (χ4v) is 20.0. The van der Waals surface area contributed by atoms with Crippen LogP contribution in [0.5, 0.6) is 0 Å². The molecule has 126 heavy (non-hydrogen) atoms. The summed E-state index contributed by atoms with van der Waals surface area (Å²) in [7, 11) is 2.14. The molecule has 0 saturated carbocycles. The number of aryl methyl sites for hydroxylation is 1.